The minimum Gasteiger partial charge on any atom is -0.494 e. The van der Waals surface area contributed by atoms with Gasteiger partial charge in [-0.05, 0) is 90.8 Å². The summed E-state index contributed by atoms with van der Waals surface area (Å²) in [7, 11) is 1.81. The molecule has 0 aliphatic carbocycles. The summed E-state index contributed by atoms with van der Waals surface area (Å²) in [6.45, 7) is 7.43. The van der Waals surface area contributed by atoms with E-state index in [9.17, 15) is 19.2 Å². The largest absolute Gasteiger partial charge is 0.494 e. The molecule has 4 heterocycles. The predicted octanol–water partition coefficient (Wildman–Crippen LogP) is 5.35. The lowest BCUT2D eigenvalue weighted by Crippen LogP contribution is -2.45. The van der Waals surface area contributed by atoms with Gasteiger partial charge in [0, 0.05) is 43.4 Å². The van der Waals surface area contributed by atoms with Crippen molar-refractivity contribution in [3.8, 4) is 5.75 Å². The van der Waals surface area contributed by atoms with Crippen molar-refractivity contribution < 1.29 is 23.9 Å². The number of nitrogens with zero attached hydrogens (tertiary/aromatic N) is 1. The van der Waals surface area contributed by atoms with Gasteiger partial charge in [-0.1, -0.05) is 45.0 Å². The summed E-state index contributed by atoms with van der Waals surface area (Å²) in [5, 5.41) is 8.75. The highest BCUT2D eigenvalue weighted by molar-refractivity contribution is 6.01. The van der Waals surface area contributed by atoms with E-state index in [1.807, 2.05) is 58.2 Å². The first-order valence-electron chi connectivity index (χ1n) is 15.5. The van der Waals surface area contributed by atoms with Gasteiger partial charge in [0.2, 0.25) is 11.8 Å². The SMILES string of the molecule is CN1CCCCOc2ccc(cc2)C(=O)NCc2cccc(c2)C(=O)N[C@@H](CC(C)(C)C)C(=O)Nc2ccc(cc2)CCC1=O. The summed E-state index contributed by atoms with van der Waals surface area (Å²) in [5.41, 5.74) is 3.03. The van der Waals surface area contributed by atoms with E-state index in [1.54, 1.807) is 47.4 Å². The van der Waals surface area contributed by atoms with Crippen LogP contribution >= 0.6 is 0 Å². The van der Waals surface area contributed by atoms with Crippen LogP contribution in [0.1, 0.15) is 78.3 Å². The van der Waals surface area contributed by atoms with E-state index >= 15 is 0 Å². The van der Waals surface area contributed by atoms with Crippen LogP contribution in [-0.2, 0) is 22.6 Å². The van der Waals surface area contributed by atoms with Gasteiger partial charge in [0.05, 0.1) is 6.61 Å². The number of anilines is 1. The van der Waals surface area contributed by atoms with Gasteiger partial charge < -0.3 is 25.6 Å². The van der Waals surface area contributed by atoms with Gasteiger partial charge >= 0.3 is 0 Å². The fourth-order valence-corrected chi connectivity index (χ4v) is 5.06. The van der Waals surface area contributed by atoms with Gasteiger partial charge in [-0.25, -0.2) is 0 Å². The number of rotatable bonds is 1. The van der Waals surface area contributed by atoms with E-state index in [0.29, 0.717) is 55.0 Å². The molecule has 4 aliphatic rings. The zero-order valence-electron chi connectivity index (χ0n) is 26.7. The monoisotopic (exact) mass is 612 g/mol. The molecule has 7 rings (SSSR count). The van der Waals surface area contributed by atoms with Crippen molar-refractivity contribution in [2.75, 3.05) is 25.5 Å². The number of hydrogen-bond acceptors (Lipinski definition) is 5. The summed E-state index contributed by atoms with van der Waals surface area (Å²) in [6.07, 6.45) is 3.02. The zero-order chi connectivity index (χ0) is 32.4. The van der Waals surface area contributed by atoms with Crippen molar-refractivity contribution in [1.29, 1.82) is 0 Å². The molecule has 0 fully saturated rings. The summed E-state index contributed by atoms with van der Waals surface area (Å²) in [5.74, 6) is -0.182. The molecular formula is C36H44N4O5. The highest BCUT2D eigenvalue weighted by atomic mass is 16.5. The molecule has 3 aromatic rings. The first kappa shape index (κ1) is 33.2. The Morgan fingerprint density at radius 3 is 2.27 bits per heavy atom. The second kappa shape index (κ2) is 15.4. The molecule has 0 saturated heterocycles. The van der Waals surface area contributed by atoms with Gasteiger partial charge in [0.1, 0.15) is 11.8 Å². The van der Waals surface area contributed by atoms with Gasteiger partial charge in [0.25, 0.3) is 11.8 Å². The predicted molar refractivity (Wildman–Crippen MR) is 175 cm³/mol. The maximum atomic E-state index is 13.4. The van der Waals surface area contributed by atoms with Crippen LogP contribution in [0, 0.1) is 5.41 Å². The molecule has 45 heavy (non-hydrogen) atoms. The molecule has 0 unspecified atom stereocenters. The molecule has 6 bridgehead atoms. The average molecular weight is 613 g/mol. The number of carbonyl (C=O) groups is 4. The zero-order valence-corrected chi connectivity index (χ0v) is 26.7. The second-order valence-corrected chi connectivity index (χ2v) is 12.8. The quantitative estimate of drug-likeness (QED) is 0.343. The lowest BCUT2D eigenvalue weighted by atomic mass is 9.87. The molecule has 0 radical (unpaired) electrons. The summed E-state index contributed by atoms with van der Waals surface area (Å²) >= 11 is 0. The Morgan fingerprint density at radius 2 is 1.56 bits per heavy atom. The minimum absolute atomic E-state index is 0.0709. The standard InChI is InChI=1S/C36H44N4O5/c1-36(2,3)23-31-35(44)38-29-15-10-25(11-16-29)12-19-32(41)40(4)20-5-6-21-45-30-17-13-27(14-18-30)33(42)37-24-26-8-7-9-28(22-26)34(43)39-31/h7-11,13-18,22,31H,5-6,12,19-21,23-24H2,1-4H3,(H,37,42)(H,38,44)(H,39,43)/t31-/m0/s1. The fourth-order valence-electron chi connectivity index (χ4n) is 5.06. The van der Waals surface area contributed by atoms with Gasteiger partial charge in [0.15, 0.2) is 0 Å². The van der Waals surface area contributed by atoms with E-state index in [2.05, 4.69) is 16.0 Å². The minimum atomic E-state index is -0.771. The van der Waals surface area contributed by atoms with Crippen LogP contribution in [0.25, 0.3) is 0 Å². The Hall–Kier alpha value is -4.66. The van der Waals surface area contributed by atoms with Crippen molar-refractivity contribution >= 4 is 29.3 Å². The molecule has 4 aliphatic heterocycles. The van der Waals surface area contributed by atoms with Gasteiger partial charge in [-0.3, -0.25) is 19.2 Å². The van der Waals surface area contributed by atoms with Crippen molar-refractivity contribution in [2.24, 2.45) is 5.41 Å². The molecule has 0 aromatic heterocycles. The number of carbonyl (C=O) groups excluding carboxylic acids is 4. The third-order valence-corrected chi connectivity index (χ3v) is 7.63. The molecule has 238 valence electrons. The van der Waals surface area contributed by atoms with E-state index in [4.69, 9.17) is 4.74 Å². The number of nitrogens with one attached hydrogen (secondary N) is 3. The summed E-state index contributed by atoms with van der Waals surface area (Å²) in [6, 6.07) is 20.6. The molecule has 0 saturated carbocycles. The molecule has 9 nitrogen and oxygen atoms in total. The first-order valence-corrected chi connectivity index (χ1v) is 15.5. The van der Waals surface area contributed by atoms with Crippen molar-refractivity contribution in [3.05, 3.63) is 95.1 Å². The molecule has 1 atom stereocenters. The summed E-state index contributed by atoms with van der Waals surface area (Å²) in [4.78, 5) is 53.9. The summed E-state index contributed by atoms with van der Waals surface area (Å²) < 4.78 is 5.83. The number of ether oxygens (including phenoxy) is 1. The first-order chi connectivity index (χ1) is 21.5. The second-order valence-electron chi connectivity index (χ2n) is 12.8. The third-order valence-electron chi connectivity index (χ3n) is 7.63. The van der Waals surface area contributed by atoms with Crippen LogP contribution in [0.2, 0.25) is 0 Å². The van der Waals surface area contributed by atoms with E-state index < -0.39 is 6.04 Å². The fraction of sp³-hybridized carbons (Fsp3) is 0.389. The Kier molecular flexibility index (Phi) is 11.4. The number of benzene rings is 3. The lowest BCUT2D eigenvalue weighted by Gasteiger charge is -2.26. The van der Waals surface area contributed by atoms with Crippen LogP contribution in [0.5, 0.6) is 5.75 Å². The Morgan fingerprint density at radius 1 is 0.822 bits per heavy atom. The van der Waals surface area contributed by atoms with Crippen molar-refractivity contribution in [3.63, 3.8) is 0 Å². The normalized spacial score (nSPS) is 17.9. The van der Waals surface area contributed by atoms with E-state index in [-0.39, 0.29) is 35.6 Å². The van der Waals surface area contributed by atoms with Crippen molar-refractivity contribution in [2.45, 2.75) is 65.5 Å². The molecule has 9 heteroatoms. The number of aryl methyl sites for hydroxylation is 1. The Balaban J connectivity index is 1.52. The number of amides is 4. The van der Waals surface area contributed by atoms with Crippen LogP contribution in [-0.4, -0.2) is 54.8 Å². The lowest BCUT2D eigenvalue weighted by molar-refractivity contribution is -0.130. The van der Waals surface area contributed by atoms with Crippen molar-refractivity contribution in [1.82, 2.24) is 15.5 Å². The number of hydrogen-bond donors (Lipinski definition) is 3. The van der Waals surface area contributed by atoms with E-state index in [0.717, 1.165) is 24.0 Å². The molecule has 3 aromatic carbocycles. The maximum absolute atomic E-state index is 13.4. The van der Waals surface area contributed by atoms with Crippen LogP contribution in [0.15, 0.2) is 72.8 Å². The van der Waals surface area contributed by atoms with E-state index in [1.165, 1.54) is 0 Å². The highest BCUT2D eigenvalue weighted by Gasteiger charge is 2.27. The van der Waals surface area contributed by atoms with Gasteiger partial charge in [-0.15, -0.1) is 0 Å². The topological polar surface area (TPSA) is 117 Å². The Bertz CT molecular complexity index is 1480. The van der Waals surface area contributed by atoms with Crippen LogP contribution < -0.4 is 20.7 Å². The molecule has 3 N–H and O–H groups in total. The highest BCUT2D eigenvalue weighted by Crippen LogP contribution is 2.23. The van der Waals surface area contributed by atoms with Gasteiger partial charge in [-0.2, -0.15) is 0 Å². The molecule has 0 spiro atoms. The van der Waals surface area contributed by atoms with Crippen LogP contribution in [0.3, 0.4) is 0 Å². The average Bonchev–Trinajstić information content (AvgIpc) is 3.02. The molecule has 4 amide bonds. The van der Waals surface area contributed by atoms with Crippen LogP contribution in [0.4, 0.5) is 5.69 Å². The smallest absolute Gasteiger partial charge is 0.251 e. The Labute approximate surface area is 265 Å². The molecular weight excluding hydrogens is 568 g/mol. The maximum Gasteiger partial charge on any atom is 0.251 e. The third kappa shape index (κ3) is 10.5.